The molecule has 0 aromatic heterocycles. The van der Waals surface area contributed by atoms with Crippen molar-refractivity contribution in [2.45, 2.75) is 32.6 Å². The molecule has 0 saturated heterocycles. The zero-order valence-corrected chi connectivity index (χ0v) is 10.2. The maximum absolute atomic E-state index is 12.1. The zero-order valence-electron chi connectivity index (χ0n) is 10.2. The number of allylic oxidation sites excluding steroid dienone is 1. The van der Waals surface area contributed by atoms with E-state index in [1.54, 1.807) is 11.9 Å². The first-order valence-corrected chi connectivity index (χ1v) is 5.83. The van der Waals surface area contributed by atoms with Crippen LogP contribution in [-0.4, -0.2) is 24.4 Å². The third-order valence-electron chi connectivity index (χ3n) is 3.27. The molecule has 3 heteroatoms. The number of carbonyl (C=O) groups excluding carboxylic acids is 1. The summed E-state index contributed by atoms with van der Waals surface area (Å²) in [7, 11) is 1.79. The van der Waals surface area contributed by atoms with Crippen molar-refractivity contribution in [1.82, 2.24) is 4.90 Å². The van der Waals surface area contributed by atoms with Crippen LogP contribution in [0.4, 0.5) is 0 Å². The van der Waals surface area contributed by atoms with Crippen molar-refractivity contribution in [2.75, 3.05) is 13.6 Å². The van der Waals surface area contributed by atoms with Crippen molar-refractivity contribution in [3.8, 4) is 6.07 Å². The summed E-state index contributed by atoms with van der Waals surface area (Å²) in [6.07, 6.45) is 5.11. The second-order valence-corrected chi connectivity index (χ2v) is 4.86. The molecule has 0 heterocycles. The molecule has 88 valence electrons. The Morgan fingerprint density at radius 3 is 2.75 bits per heavy atom. The van der Waals surface area contributed by atoms with Crippen LogP contribution in [0.1, 0.15) is 32.6 Å². The quantitative estimate of drug-likeness (QED) is 0.527. The number of carbonyl (C=O) groups is 1. The van der Waals surface area contributed by atoms with E-state index in [-0.39, 0.29) is 5.91 Å². The van der Waals surface area contributed by atoms with Gasteiger partial charge in [-0.3, -0.25) is 4.79 Å². The Morgan fingerprint density at radius 2 is 2.31 bits per heavy atom. The van der Waals surface area contributed by atoms with Crippen LogP contribution in [0.15, 0.2) is 12.7 Å². The van der Waals surface area contributed by atoms with Crippen LogP contribution >= 0.6 is 0 Å². The van der Waals surface area contributed by atoms with Crippen molar-refractivity contribution in [1.29, 1.82) is 5.26 Å². The highest BCUT2D eigenvalue weighted by Crippen LogP contribution is 2.46. The van der Waals surface area contributed by atoms with E-state index in [9.17, 15) is 4.79 Å². The SMILES string of the molecule is C=CCCCN(C)C(=O)C1(C#N)CC(C)C1. The molecule has 0 spiro atoms. The molecule has 1 fully saturated rings. The molecule has 1 aliphatic rings. The molecule has 1 saturated carbocycles. The van der Waals surface area contributed by atoms with Crippen molar-refractivity contribution < 1.29 is 4.79 Å². The number of nitrogens with zero attached hydrogens (tertiary/aromatic N) is 2. The van der Waals surface area contributed by atoms with Crippen LogP contribution in [0.2, 0.25) is 0 Å². The summed E-state index contributed by atoms with van der Waals surface area (Å²) in [5, 5.41) is 9.13. The van der Waals surface area contributed by atoms with Gasteiger partial charge in [0.15, 0.2) is 0 Å². The van der Waals surface area contributed by atoms with Crippen LogP contribution in [0, 0.1) is 22.7 Å². The van der Waals surface area contributed by atoms with E-state index in [2.05, 4.69) is 19.6 Å². The van der Waals surface area contributed by atoms with Crippen molar-refractivity contribution in [3.63, 3.8) is 0 Å². The highest BCUT2D eigenvalue weighted by Gasteiger charge is 2.49. The summed E-state index contributed by atoms with van der Waals surface area (Å²) in [5.41, 5.74) is -0.720. The molecule has 0 radical (unpaired) electrons. The molecule has 0 atom stereocenters. The van der Waals surface area contributed by atoms with Gasteiger partial charge in [-0.2, -0.15) is 5.26 Å². The number of hydrogen-bond donors (Lipinski definition) is 0. The van der Waals surface area contributed by atoms with Gasteiger partial charge in [0.25, 0.3) is 0 Å². The number of hydrogen-bond acceptors (Lipinski definition) is 2. The molecule has 3 nitrogen and oxygen atoms in total. The van der Waals surface area contributed by atoms with Gasteiger partial charge in [0.2, 0.25) is 5.91 Å². The Labute approximate surface area is 97.7 Å². The molecule has 1 amide bonds. The molecule has 0 bridgehead atoms. The van der Waals surface area contributed by atoms with Crippen LogP contribution in [0.3, 0.4) is 0 Å². The molecular weight excluding hydrogens is 200 g/mol. The second-order valence-electron chi connectivity index (χ2n) is 4.86. The van der Waals surface area contributed by atoms with Gasteiger partial charge in [0, 0.05) is 13.6 Å². The summed E-state index contributed by atoms with van der Waals surface area (Å²) in [6.45, 7) is 6.44. The summed E-state index contributed by atoms with van der Waals surface area (Å²) in [6, 6.07) is 2.21. The first-order chi connectivity index (χ1) is 7.55. The number of nitriles is 1. The Hall–Kier alpha value is -1.30. The standard InChI is InChI=1S/C13H20N2O/c1-4-5-6-7-15(3)12(16)13(10-14)8-11(2)9-13/h4,11H,1,5-9H2,2-3H3. The van der Waals surface area contributed by atoms with Crippen molar-refractivity contribution >= 4 is 5.91 Å². The van der Waals surface area contributed by atoms with Gasteiger partial charge in [-0.15, -0.1) is 6.58 Å². The predicted molar refractivity (Wildman–Crippen MR) is 63.5 cm³/mol. The lowest BCUT2D eigenvalue weighted by molar-refractivity contribution is -0.143. The van der Waals surface area contributed by atoms with E-state index in [4.69, 9.17) is 5.26 Å². The zero-order chi connectivity index (χ0) is 12.2. The molecule has 0 aliphatic heterocycles. The summed E-state index contributed by atoms with van der Waals surface area (Å²) in [4.78, 5) is 13.8. The van der Waals surface area contributed by atoms with Gasteiger partial charge >= 0.3 is 0 Å². The first-order valence-electron chi connectivity index (χ1n) is 5.83. The van der Waals surface area contributed by atoms with Crippen molar-refractivity contribution in [2.24, 2.45) is 11.3 Å². The monoisotopic (exact) mass is 220 g/mol. The average Bonchev–Trinajstić information content (AvgIpc) is 2.23. The highest BCUT2D eigenvalue weighted by atomic mass is 16.2. The third kappa shape index (κ3) is 2.44. The summed E-state index contributed by atoms with van der Waals surface area (Å²) in [5.74, 6) is 0.502. The van der Waals surface area contributed by atoms with E-state index in [1.165, 1.54) is 0 Å². The number of unbranched alkanes of at least 4 members (excludes halogenated alkanes) is 1. The molecule has 1 rings (SSSR count). The van der Waals surface area contributed by atoms with Crippen LogP contribution < -0.4 is 0 Å². The van der Waals surface area contributed by atoms with Gasteiger partial charge in [-0.05, 0) is 31.6 Å². The lowest BCUT2D eigenvalue weighted by Crippen LogP contribution is -2.48. The minimum absolute atomic E-state index is 0.00263. The fourth-order valence-corrected chi connectivity index (χ4v) is 2.38. The van der Waals surface area contributed by atoms with E-state index < -0.39 is 5.41 Å². The Balaban J connectivity index is 2.50. The molecule has 0 unspecified atom stereocenters. The summed E-state index contributed by atoms with van der Waals surface area (Å²) < 4.78 is 0. The molecular formula is C13H20N2O. The maximum Gasteiger partial charge on any atom is 0.242 e. The molecule has 0 N–H and O–H groups in total. The number of rotatable bonds is 5. The maximum atomic E-state index is 12.1. The second kappa shape index (κ2) is 5.16. The largest absolute Gasteiger partial charge is 0.344 e. The minimum atomic E-state index is -0.720. The third-order valence-corrected chi connectivity index (χ3v) is 3.27. The van der Waals surface area contributed by atoms with E-state index in [0.717, 1.165) is 12.8 Å². The topological polar surface area (TPSA) is 44.1 Å². The van der Waals surface area contributed by atoms with Crippen LogP contribution in [-0.2, 0) is 4.79 Å². The molecule has 0 aromatic carbocycles. The fourth-order valence-electron chi connectivity index (χ4n) is 2.38. The first kappa shape index (κ1) is 12.8. The fraction of sp³-hybridized carbons (Fsp3) is 0.692. The normalized spacial score (nSPS) is 27.7. The van der Waals surface area contributed by atoms with Gasteiger partial charge in [0.05, 0.1) is 6.07 Å². The van der Waals surface area contributed by atoms with Crippen LogP contribution in [0.5, 0.6) is 0 Å². The van der Waals surface area contributed by atoms with Crippen LogP contribution in [0.25, 0.3) is 0 Å². The smallest absolute Gasteiger partial charge is 0.242 e. The van der Waals surface area contributed by atoms with Crippen molar-refractivity contribution in [3.05, 3.63) is 12.7 Å². The lowest BCUT2D eigenvalue weighted by atomic mass is 9.63. The number of amides is 1. The lowest BCUT2D eigenvalue weighted by Gasteiger charge is -2.41. The molecule has 1 aliphatic carbocycles. The minimum Gasteiger partial charge on any atom is -0.344 e. The Bertz CT molecular complexity index is 310. The van der Waals surface area contributed by atoms with Gasteiger partial charge < -0.3 is 4.90 Å². The average molecular weight is 220 g/mol. The molecule has 0 aromatic rings. The Kier molecular flexibility index (Phi) is 4.12. The van der Waals surface area contributed by atoms with Gasteiger partial charge in [-0.1, -0.05) is 13.0 Å². The van der Waals surface area contributed by atoms with E-state index >= 15 is 0 Å². The Morgan fingerprint density at radius 1 is 1.69 bits per heavy atom. The summed E-state index contributed by atoms with van der Waals surface area (Å²) >= 11 is 0. The highest BCUT2D eigenvalue weighted by molar-refractivity contribution is 5.86. The molecule has 16 heavy (non-hydrogen) atoms. The predicted octanol–water partition coefficient (Wildman–Crippen LogP) is 2.35. The van der Waals surface area contributed by atoms with Gasteiger partial charge in [-0.25, -0.2) is 0 Å². The van der Waals surface area contributed by atoms with E-state index in [1.807, 2.05) is 6.08 Å². The van der Waals surface area contributed by atoms with Gasteiger partial charge in [0.1, 0.15) is 5.41 Å². The van der Waals surface area contributed by atoms with E-state index in [0.29, 0.717) is 25.3 Å².